The van der Waals surface area contributed by atoms with Gasteiger partial charge in [-0.3, -0.25) is 0 Å². The molecule has 2 aromatic heterocycles. The van der Waals surface area contributed by atoms with Gasteiger partial charge >= 0.3 is 12.3 Å². The number of rotatable bonds is 10. The summed E-state index contributed by atoms with van der Waals surface area (Å²) in [5.41, 5.74) is -1.60. The standard InChI is InChI=1S/C24H20F6N6O2/c1-23(37,18-8-5-16(25)10-19(18)26)22(35-13-31-12-33-35)36-14-32-20(34-36)9-4-15-2-6-17(7-3-15)38-11-24(29,30)21(27)28/h2-10,12-14,21-22,37H,11H2,1H3/b9-4+. The Balaban J connectivity index is 1.53. The molecule has 0 saturated heterocycles. The van der Waals surface area contributed by atoms with Crippen molar-refractivity contribution >= 4 is 12.2 Å². The van der Waals surface area contributed by atoms with Crippen molar-refractivity contribution in [3.8, 4) is 5.75 Å². The first-order valence-corrected chi connectivity index (χ1v) is 11.0. The number of hydrogen-bond donors (Lipinski definition) is 1. The molecule has 0 bridgehead atoms. The van der Waals surface area contributed by atoms with Gasteiger partial charge in [-0.2, -0.15) is 13.9 Å². The number of benzene rings is 2. The van der Waals surface area contributed by atoms with E-state index in [-0.39, 0.29) is 17.1 Å². The summed E-state index contributed by atoms with van der Waals surface area (Å²) in [4.78, 5) is 8.02. The molecule has 38 heavy (non-hydrogen) atoms. The molecule has 1 N–H and O–H groups in total. The summed E-state index contributed by atoms with van der Waals surface area (Å²) in [6.45, 7) is -0.145. The highest BCUT2D eigenvalue weighted by Gasteiger charge is 2.42. The lowest BCUT2D eigenvalue weighted by molar-refractivity contribution is -0.148. The Labute approximate surface area is 211 Å². The maximum Gasteiger partial charge on any atom is 0.340 e. The van der Waals surface area contributed by atoms with Crippen LogP contribution in [0.5, 0.6) is 5.75 Å². The fourth-order valence-corrected chi connectivity index (χ4v) is 3.59. The normalized spacial score (nSPS) is 14.7. The molecule has 2 atom stereocenters. The number of alkyl halides is 4. The first-order chi connectivity index (χ1) is 18.0. The lowest BCUT2D eigenvalue weighted by Gasteiger charge is -2.33. The van der Waals surface area contributed by atoms with E-state index in [0.29, 0.717) is 11.6 Å². The third-order valence-corrected chi connectivity index (χ3v) is 5.50. The van der Waals surface area contributed by atoms with E-state index < -0.39 is 42.4 Å². The number of hydrogen-bond acceptors (Lipinski definition) is 6. The maximum absolute atomic E-state index is 14.6. The SMILES string of the molecule is CC(O)(c1ccc(F)cc1F)C(n1cncn1)n1cnc(/C=C/c2ccc(OCC(F)(F)C(F)F)cc2)n1. The van der Waals surface area contributed by atoms with Gasteiger partial charge < -0.3 is 9.84 Å². The number of nitrogens with zero attached hydrogens (tertiary/aromatic N) is 6. The van der Waals surface area contributed by atoms with Crippen molar-refractivity contribution in [1.29, 1.82) is 0 Å². The quantitative estimate of drug-likeness (QED) is 0.298. The van der Waals surface area contributed by atoms with Crippen LogP contribution in [-0.2, 0) is 5.60 Å². The van der Waals surface area contributed by atoms with E-state index in [2.05, 4.69) is 20.2 Å². The van der Waals surface area contributed by atoms with Crippen molar-refractivity contribution in [2.45, 2.75) is 31.0 Å². The topological polar surface area (TPSA) is 90.9 Å². The van der Waals surface area contributed by atoms with Gasteiger partial charge in [0.2, 0.25) is 0 Å². The van der Waals surface area contributed by atoms with Crippen LogP contribution in [0, 0.1) is 11.6 Å². The Bertz CT molecular complexity index is 1390. The van der Waals surface area contributed by atoms with Gasteiger partial charge in [0.05, 0.1) is 0 Å². The van der Waals surface area contributed by atoms with Crippen molar-refractivity contribution in [2.24, 2.45) is 0 Å². The van der Waals surface area contributed by atoms with Gasteiger partial charge in [0.1, 0.15) is 42.0 Å². The molecule has 0 spiro atoms. The van der Waals surface area contributed by atoms with E-state index >= 15 is 0 Å². The molecule has 0 amide bonds. The smallest absolute Gasteiger partial charge is 0.340 e. The number of aliphatic hydroxyl groups is 1. The van der Waals surface area contributed by atoms with Gasteiger partial charge in [-0.15, -0.1) is 5.10 Å². The maximum atomic E-state index is 14.6. The molecule has 2 aromatic carbocycles. The van der Waals surface area contributed by atoms with E-state index in [4.69, 9.17) is 4.74 Å². The predicted molar refractivity (Wildman–Crippen MR) is 122 cm³/mol. The van der Waals surface area contributed by atoms with Gasteiger partial charge in [0.15, 0.2) is 18.6 Å². The lowest BCUT2D eigenvalue weighted by atomic mass is 9.92. The second kappa shape index (κ2) is 10.7. The molecule has 0 fully saturated rings. The molecule has 0 aliphatic rings. The largest absolute Gasteiger partial charge is 0.487 e. The van der Waals surface area contributed by atoms with Crippen molar-refractivity contribution in [3.05, 3.63) is 90.0 Å². The van der Waals surface area contributed by atoms with Gasteiger partial charge in [-0.1, -0.05) is 24.3 Å². The molecule has 2 unspecified atom stereocenters. The average molecular weight is 538 g/mol. The molecular weight excluding hydrogens is 518 g/mol. The van der Waals surface area contributed by atoms with E-state index in [9.17, 15) is 31.4 Å². The minimum Gasteiger partial charge on any atom is -0.487 e. The molecule has 4 rings (SSSR count). The minimum absolute atomic E-state index is 0.0178. The second-order valence-corrected chi connectivity index (χ2v) is 8.36. The van der Waals surface area contributed by atoms with Crippen LogP contribution in [0.1, 0.15) is 30.0 Å². The van der Waals surface area contributed by atoms with Crippen LogP contribution in [0.15, 0.2) is 61.4 Å². The molecule has 14 heteroatoms. The van der Waals surface area contributed by atoms with E-state index in [1.54, 1.807) is 6.08 Å². The van der Waals surface area contributed by atoms with E-state index in [1.807, 2.05) is 0 Å². The third-order valence-electron chi connectivity index (χ3n) is 5.50. The fourth-order valence-electron chi connectivity index (χ4n) is 3.59. The van der Waals surface area contributed by atoms with Crippen LogP contribution >= 0.6 is 0 Å². The average Bonchev–Trinajstić information content (AvgIpc) is 3.55. The summed E-state index contributed by atoms with van der Waals surface area (Å²) in [7, 11) is 0. The molecule has 0 aliphatic heterocycles. The van der Waals surface area contributed by atoms with Crippen LogP contribution in [0.3, 0.4) is 0 Å². The first-order valence-electron chi connectivity index (χ1n) is 11.0. The highest BCUT2D eigenvalue weighted by molar-refractivity contribution is 5.66. The van der Waals surface area contributed by atoms with E-state index in [0.717, 1.165) is 12.1 Å². The molecule has 8 nitrogen and oxygen atoms in total. The Morgan fingerprint density at radius 3 is 2.39 bits per heavy atom. The zero-order chi connectivity index (χ0) is 27.5. The Kier molecular flexibility index (Phi) is 7.53. The number of ether oxygens (including phenoxy) is 1. The van der Waals surface area contributed by atoms with Crippen LogP contribution < -0.4 is 4.74 Å². The van der Waals surface area contributed by atoms with Crippen LogP contribution in [-0.4, -0.2) is 53.6 Å². The van der Waals surface area contributed by atoms with Gasteiger partial charge in [-0.25, -0.2) is 36.9 Å². The molecule has 4 aromatic rings. The van der Waals surface area contributed by atoms with Crippen LogP contribution in [0.4, 0.5) is 26.3 Å². The number of aromatic nitrogens is 6. The molecule has 0 saturated carbocycles. The van der Waals surface area contributed by atoms with Gasteiger partial charge in [0, 0.05) is 11.6 Å². The molecule has 0 radical (unpaired) electrons. The molecular formula is C24H20F6N6O2. The van der Waals surface area contributed by atoms with Gasteiger partial charge in [0.25, 0.3) is 0 Å². The highest BCUT2D eigenvalue weighted by atomic mass is 19.3. The summed E-state index contributed by atoms with van der Waals surface area (Å²) >= 11 is 0. The molecule has 2 heterocycles. The molecule has 200 valence electrons. The fraction of sp³-hybridized carbons (Fsp3) is 0.250. The van der Waals surface area contributed by atoms with Crippen LogP contribution in [0.2, 0.25) is 0 Å². The summed E-state index contributed by atoms with van der Waals surface area (Å²) in [5.74, 6) is -5.87. The summed E-state index contributed by atoms with van der Waals surface area (Å²) < 4.78 is 85.7. The second-order valence-electron chi connectivity index (χ2n) is 8.36. The summed E-state index contributed by atoms with van der Waals surface area (Å²) in [5, 5.41) is 19.7. The van der Waals surface area contributed by atoms with Crippen LogP contribution in [0.25, 0.3) is 12.2 Å². The minimum atomic E-state index is -4.26. The lowest BCUT2D eigenvalue weighted by Crippen LogP contribution is -2.40. The summed E-state index contributed by atoms with van der Waals surface area (Å²) in [6, 6.07) is 8.46. The Morgan fingerprint density at radius 2 is 1.76 bits per heavy atom. The Morgan fingerprint density at radius 1 is 1.03 bits per heavy atom. The van der Waals surface area contributed by atoms with E-state index in [1.165, 1.54) is 65.6 Å². The predicted octanol–water partition coefficient (Wildman–Crippen LogP) is 4.55. The first kappa shape index (κ1) is 26.9. The number of halogens is 6. The van der Waals surface area contributed by atoms with Crippen molar-refractivity contribution in [3.63, 3.8) is 0 Å². The molecule has 0 aliphatic carbocycles. The van der Waals surface area contributed by atoms with Crippen molar-refractivity contribution in [1.82, 2.24) is 29.5 Å². The van der Waals surface area contributed by atoms with Gasteiger partial charge in [-0.05, 0) is 36.8 Å². The zero-order valence-corrected chi connectivity index (χ0v) is 19.6. The highest BCUT2D eigenvalue weighted by Crippen LogP contribution is 2.35. The van der Waals surface area contributed by atoms with Crippen molar-refractivity contribution < 1.29 is 36.2 Å². The summed E-state index contributed by atoms with van der Waals surface area (Å²) in [6.07, 6.45) is 1.87. The monoisotopic (exact) mass is 538 g/mol. The third kappa shape index (κ3) is 5.85. The van der Waals surface area contributed by atoms with Crippen molar-refractivity contribution in [2.75, 3.05) is 6.61 Å². The Hall–Kier alpha value is -4.20. The zero-order valence-electron chi connectivity index (χ0n) is 19.6.